The molecule has 1 atom stereocenters. The lowest BCUT2D eigenvalue weighted by Crippen LogP contribution is -2.48. The Bertz CT molecular complexity index is 242. The molecule has 0 radical (unpaired) electrons. The van der Waals surface area contributed by atoms with Crippen LogP contribution in [0.25, 0.3) is 0 Å². The Morgan fingerprint density at radius 3 is 2.19 bits per heavy atom. The van der Waals surface area contributed by atoms with Gasteiger partial charge in [-0.3, -0.25) is 9.59 Å². The van der Waals surface area contributed by atoms with Crippen molar-refractivity contribution in [3.05, 3.63) is 0 Å². The highest BCUT2D eigenvalue weighted by Crippen LogP contribution is 2.13. The molecule has 0 aliphatic rings. The van der Waals surface area contributed by atoms with Crippen molar-refractivity contribution in [3.8, 4) is 0 Å². The maximum absolute atomic E-state index is 11.6. The predicted molar refractivity (Wildman–Crippen MR) is 66.4 cm³/mol. The molecule has 0 fully saturated rings. The molecule has 0 bridgehead atoms. The minimum atomic E-state index is -0.611. The van der Waals surface area contributed by atoms with Crippen molar-refractivity contribution >= 4 is 24.2 Å². The fourth-order valence-corrected chi connectivity index (χ4v) is 0.949. The third kappa shape index (κ3) is 5.92. The van der Waals surface area contributed by atoms with Gasteiger partial charge in [0.25, 0.3) is 0 Å². The molecule has 0 heterocycles. The zero-order valence-corrected chi connectivity index (χ0v) is 11.1. The molecule has 0 aliphatic heterocycles. The maximum atomic E-state index is 11.6. The highest BCUT2D eigenvalue weighted by molar-refractivity contribution is 5.85. The molecule has 0 saturated carbocycles. The minimum absolute atomic E-state index is 0. The van der Waals surface area contributed by atoms with Gasteiger partial charge in [0.1, 0.15) is 0 Å². The van der Waals surface area contributed by atoms with Gasteiger partial charge in [-0.15, -0.1) is 12.4 Å². The smallest absolute Gasteiger partial charge is 0.236 e. The van der Waals surface area contributed by atoms with Gasteiger partial charge in [0, 0.05) is 13.1 Å². The topological polar surface area (TPSA) is 84.2 Å². The molecule has 4 N–H and O–H groups in total. The SMILES string of the molecule is CCNC(=O)C(C)(C)CNC(=O)C(C)N.Cl. The average molecular weight is 252 g/mol. The number of hydrogen-bond acceptors (Lipinski definition) is 3. The molecule has 0 saturated heterocycles. The quantitative estimate of drug-likeness (QED) is 0.645. The second-order valence-electron chi connectivity index (χ2n) is 4.25. The van der Waals surface area contributed by atoms with E-state index < -0.39 is 11.5 Å². The molecule has 6 heteroatoms. The van der Waals surface area contributed by atoms with Crippen LogP contribution in [0.15, 0.2) is 0 Å². The predicted octanol–water partition coefficient (Wildman–Crippen LogP) is 0.0339. The van der Waals surface area contributed by atoms with E-state index in [4.69, 9.17) is 5.73 Å². The second kappa shape index (κ2) is 7.46. The van der Waals surface area contributed by atoms with Crippen LogP contribution in [-0.2, 0) is 9.59 Å². The summed E-state index contributed by atoms with van der Waals surface area (Å²) in [7, 11) is 0. The molecule has 0 aromatic rings. The summed E-state index contributed by atoms with van der Waals surface area (Å²) in [6.45, 7) is 7.89. The fourth-order valence-electron chi connectivity index (χ4n) is 0.949. The lowest BCUT2D eigenvalue weighted by Gasteiger charge is -2.24. The Balaban J connectivity index is 0. The summed E-state index contributed by atoms with van der Waals surface area (Å²) in [4.78, 5) is 22.8. The van der Waals surface area contributed by atoms with Gasteiger partial charge in [0.05, 0.1) is 11.5 Å². The monoisotopic (exact) mass is 251 g/mol. The van der Waals surface area contributed by atoms with Crippen LogP contribution in [0, 0.1) is 5.41 Å². The maximum Gasteiger partial charge on any atom is 0.236 e. The van der Waals surface area contributed by atoms with Gasteiger partial charge in [-0.25, -0.2) is 0 Å². The Labute approximate surface area is 103 Å². The number of halogens is 1. The van der Waals surface area contributed by atoms with Gasteiger partial charge in [-0.1, -0.05) is 0 Å². The highest BCUT2D eigenvalue weighted by Gasteiger charge is 2.27. The summed E-state index contributed by atoms with van der Waals surface area (Å²) in [5, 5.41) is 5.35. The van der Waals surface area contributed by atoms with E-state index in [1.54, 1.807) is 20.8 Å². The third-order valence-electron chi connectivity index (χ3n) is 2.07. The first-order valence-electron chi connectivity index (χ1n) is 5.13. The lowest BCUT2D eigenvalue weighted by atomic mass is 9.92. The van der Waals surface area contributed by atoms with Crippen molar-refractivity contribution in [2.45, 2.75) is 33.7 Å². The number of hydrogen-bond donors (Lipinski definition) is 3. The summed E-state index contributed by atoms with van der Waals surface area (Å²) < 4.78 is 0. The molecule has 0 aliphatic carbocycles. The number of rotatable bonds is 5. The molecule has 0 rings (SSSR count). The van der Waals surface area contributed by atoms with E-state index in [-0.39, 0.29) is 24.2 Å². The first kappa shape index (κ1) is 17.6. The van der Waals surface area contributed by atoms with Gasteiger partial charge in [0.15, 0.2) is 0 Å². The Morgan fingerprint density at radius 1 is 1.31 bits per heavy atom. The van der Waals surface area contributed by atoms with Gasteiger partial charge in [0.2, 0.25) is 11.8 Å². The van der Waals surface area contributed by atoms with Crippen molar-refractivity contribution in [1.82, 2.24) is 10.6 Å². The van der Waals surface area contributed by atoms with Crippen LogP contribution in [0.1, 0.15) is 27.7 Å². The first-order chi connectivity index (χ1) is 6.81. The van der Waals surface area contributed by atoms with Crippen LogP contribution in [0.5, 0.6) is 0 Å². The Kier molecular flexibility index (Phi) is 8.20. The summed E-state index contributed by atoms with van der Waals surface area (Å²) >= 11 is 0. The van der Waals surface area contributed by atoms with E-state index in [2.05, 4.69) is 10.6 Å². The van der Waals surface area contributed by atoms with E-state index >= 15 is 0 Å². The van der Waals surface area contributed by atoms with Gasteiger partial charge >= 0.3 is 0 Å². The molecule has 5 nitrogen and oxygen atoms in total. The van der Waals surface area contributed by atoms with Crippen molar-refractivity contribution in [1.29, 1.82) is 0 Å². The highest BCUT2D eigenvalue weighted by atomic mass is 35.5. The van der Waals surface area contributed by atoms with Crippen molar-refractivity contribution < 1.29 is 9.59 Å². The van der Waals surface area contributed by atoms with E-state index in [0.717, 1.165) is 0 Å². The minimum Gasteiger partial charge on any atom is -0.356 e. The van der Waals surface area contributed by atoms with Crippen LogP contribution in [0.3, 0.4) is 0 Å². The number of carbonyl (C=O) groups excluding carboxylic acids is 2. The summed E-state index contributed by atoms with van der Waals surface area (Å²) in [5.74, 6) is -0.317. The number of amides is 2. The third-order valence-corrected chi connectivity index (χ3v) is 2.07. The molecule has 0 aromatic carbocycles. The molecule has 2 amide bonds. The van der Waals surface area contributed by atoms with Gasteiger partial charge in [-0.2, -0.15) is 0 Å². The molecular formula is C10H22ClN3O2. The van der Waals surface area contributed by atoms with Crippen LogP contribution >= 0.6 is 12.4 Å². The summed E-state index contributed by atoms with van der Waals surface area (Å²) in [5.41, 5.74) is 4.78. The zero-order chi connectivity index (χ0) is 12.1. The van der Waals surface area contributed by atoms with Crippen LogP contribution in [-0.4, -0.2) is 30.9 Å². The number of nitrogens with two attached hydrogens (primary N) is 1. The standard InChI is InChI=1S/C10H21N3O2.ClH/c1-5-12-9(15)10(3,4)6-13-8(14)7(2)11;/h7H,5-6,11H2,1-4H3,(H,12,15)(H,13,14);1H. The molecule has 0 aromatic heterocycles. The lowest BCUT2D eigenvalue weighted by molar-refractivity contribution is -0.130. The normalized spacial score (nSPS) is 12.3. The van der Waals surface area contributed by atoms with Crippen molar-refractivity contribution in [3.63, 3.8) is 0 Å². The largest absolute Gasteiger partial charge is 0.356 e. The zero-order valence-electron chi connectivity index (χ0n) is 10.3. The molecule has 96 valence electrons. The number of nitrogens with one attached hydrogen (secondary N) is 2. The van der Waals surface area contributed by atoms with Crippen LogP contribution in [0.2, 0.25) is 0 Å². The Hall–Kier alpha value is -0.810. The average Bonchev–Trinajstić information content (AvgIpc) is 2.14. The number of carbonyl (C=O) groups is 2. The van der Waals surface area contributed by atoms with E-state index in [0.29, 0.717) is 13.1 Å². The van der Waals surface area contributed by atoms with Gasteiger partial charge < -0.3 is 16.4 Å². The molecule has 1 unspecified atom stereocenters. The molecular weight excluding hydrogens is 230 g/mol. The van der Waals surface area contributed by atoms with Crippen LogP contribution in [0.4, 0.5) is 0 Å². The Morgan fingerprint density at radius 2 is 1.81 bits per heavy atom. The second-order valence-corrected chi connectivity index (χ2v) is 4.25. The van der Waals surface area contributed by atoms with E-state index in [9.17, 15) is 9.59 Å². The molecule has 0 spiro atoms. The van der Waals surface area contributed by atoms with Crippen molar-refractivity contribution in [2.24, 2.45) is 11.1 Å². The first-order valence-corrected chi connectivity index (χ1v) is 5.13. The van der Waals surface area contributed by atoms with Gasteiger partial charge in [-0.05, 0) is 27.7 Å². The van der Waals surface area contributed by atoms with Crippen LogP contribution < -0.4 is 16.4 Å². The fraction of sp³-hybridized carbons (Fsp3) is 0.800. The van der Waals surface area contributed by atoms with E-state index in [1.807, 2.05) is 6.92 Å². The van der Waals surface area contributed by atoms with E-state index in [1.165, 1.54) is 0 Å². The van der Waals surface area contributed by atoms with Crippen molar-refractivity contribution in [2.75, 3.05) is 13.1 Å². The molecule has 16 heavy (non-hydrogen) atoms. The summed E-state index contributed by atoms with van der Waals surface area (Å²) in [6, 6.07) is -0.546. The summed E-state index contributed by atoms with van der Waals surface area (Å²) in [6.07, 6.45) is 0.